The number of ether oxygens (including phenoxy) is 2. The Labute approximate surface area is 126 Å². The molecule has 1 aromatic rings. The third-order valence-electron chi connectivity index (χ3n) is 2.51. The summed E-state index contributed by atoms with van der Waals surface area (Å²) in [4.78, 5) is 24.0. The Morgan fingerprint density at radius 1 is 0.952 bits per heavy atom. The first kappa shape index (κ1) is 17.2. The number of hydrogen-bond acceptors (Lipinski definition) is 4. The van der Waals surface area contributed by atoms with E-state index in [0.29, 0.717) is 11.3 Å². The lowest BCUT2D eigenvalue weighted by atomic mass is 9.97. The van der Waals surface area contributed by atoms with Crippen LogP contribution in [0.4, 0.5) is 0 Å². The first-order valence-electron chi connectivity index (χ1n) is 6.96. The molecule has 0 aliphatic heterocycles. The van der Waals surface area contributed by atoms with Crippen LogP contribution in [0.2, 0.25) is 0 Å². The highest BCUT2D eigenvalue weighted by Crippen LogP contribution is 2.23. The van der Waals surface area contributed by atoms with Gasteiger partial charge in [-0.05, 0) is 72.2 Å². The van der Waals surface area contributed by atoms with Crippen LogP contribution in [0.1, 0.15) is 57.5 Å². The average Bonchev–Trinajstić information content (AvgIpc) is 2.24. The smallest absolute Gasteiger partial charge is 0.338 e. The van der Waals surface area contributed by atoms with E-state index < -0.39 is 17.0 Å². The van der Waals surface area contributed by atoms with Gasteiger partial charge in [-0.1, -0.05) is 0 Å². The van der Waals surface area contributed by atoms with Crippen molar-refractivity contribution in [1.82, 2.24) is 0 Å². The van der Waals surface area contributed by atoms with Gasteiger partial charge in [-0.15, -0.1) is 0 Å². The summed E-state index contributed by atoms with van der Waals surface area (Å²) in [6.07, 6.45) is 0. The highest BCUT2D eigenvalue weighted by molar-refractivity contribution is 5.90. The second kappa shape index (κ2) is 5.88. The molecule has 0 amide bonds. The van der Waals surface area contributed by atoms with E-state index in [1.807, 2.05) is 6.92 Å². The molecule has 0 aliphatic rings. The molecule has 0 aromatic heterocycles. The van der Waals surface area contributed by atoms with Crippen molar-refractivity contribution in [2.24, 2.45) is 5.41 Å². The first-order valence-corrected chi connectivity index (χ1v) is 6.96. The lowest BCUT2D eigenvalue weighted by molar-refractivity contribution is -0.143. The molecule has 0 radical (unpaired) electrons. The topological polar surface area (TPSA) is 52.6 Å². The molecule has 1 rings (SSSR count). The number of carbonyl (C=O) groups excluding carboxylic acids is 2. The molecule has 0 saturated carbocycles. The fourth-order valence-corrected chi connectivity index (χ4v) is 1.52. The summed E-state index contributed by atoms with van der Waals surface area (Å²) < 4.78 is 10.7. The van der Waals surface area contributed by atoms with Crippen molar-refractivity contribution in [3.8, 4) is 5.75 Å². The number of rotatable bonds is 2. The van der Waals surface area contributed by atoms with Gasteiger partial charge < -0.3 is 9.47 Å². The Bertz CT molecular complexity index is 545. The van der Waals surface area contributed by atoms with Crippen LogP contribution < -0.4 is 4.74 Å². The van der Waals surface area contributed by atoms with Crippen LogP contribution in [-0.4, -0.2) is 17.5 Å². The zero-order chi connectivity index (χ0) is 16.4. The van der Waals surface area contributed by atoms with Crippen LogP contribution in [0.5, 0.6) is 5.75 Å². The lowest BCUT2D eigenvalue weighted by Gasteiger charge is -2.20. The van der Waals surface area contributed by atoms with Gasteiger partial charge >= 0.3 is 11.9 Å². The van der Waals surface area contributed by atoms with E-state index >= 15 is 0 Å². The van der Waals surface area contributed by atoms with E-state index in [-0.39, 0.29) is 5.97 Å². The van der Waals surface area contributed by atoms with Crippen LogP contribution in [0.25, 0.3) is 0 Å². The summed E-state index contributed by atoms with van der Waals surface area (Å²) in [5.74, 6) is -0.418. The number of carbonyl (C=O) groups is 2. The standard InChI is InChI=1S/C17H24O4/c1-11-8-12(14(18)21-17(5,6)7)10-13(9-11)20-15(19)16(2,3)4/h8-10H,1-7H3. The van der Waals surface area contributed by atoms with E-state index in [1.54, 1.807) is 53.7 Å². The van der Waals surface area contributed by atoms with Gasteiger partial charge in [0.05, 0.1) is 11.0 Å². The van der Waals surface area contributed by atoms with Gasteiger partial charge in [-0.25, -0.2) is 4.79 Å². The van der Waals surface area contributed by atoms with Crippen molar-refractivity contribution in [2.45, 2.75) is 54.1 Å². The Balaban J connectivity index is 3.00. The maximum absolute atomic E-state index is 12.1. The SMILES string of the molecule is Cc1cc(OC(=O)C(C)(C)C)cc(C(=O)OC(C)(C)C)c1. The summed E-state index contributed by atoms with van der Waals surface area (Å²) in [7, 11) is 0. The Kier molecular flexibility index (Phi) is 4.82. The van der Waals surface area contributed by atoms with E-state index in [2.05, 4.69) is 0 Å². The van der Waals surface area contributed by atoms with Crippen molar-refractivity contribution in [1.29, 1.82) is 0 Å². The lowest BCUT2D eigenvalue weighted by Crippen LogP contribution is -2.26. The van der Waals surface area contributed by atoms with Gasteiger partial charge in [0.2, 0.25) is 0 Å². The molecular weight excluding hydrogens is 268 g/mol. The molecule has 21 heavy (non-hydrogen) atoms. The molecule has 4 nitrogen and oxygen atoms in total. The minimum Gasteiger partial charge on any atom is -0.456 e. The van der Waals surface area contributed by atoms with Crippen LogP contribution in [0, 0.1) is 12.3 Å². The molecule has 0 heterocycles. The normalized spacial score (nSPS) is 12.0. The molecule has 0 unspecified atom stereocenters. The Hall–Kier alpha value is -1.84. The second-order valence-corrected chi connectivity index (χ2v) is 7.18. The Morgan fingerprint density at radius 3 is 2.00 bits per heavy atom. The minimum atomic E-state index is -0.601. The number of benzene rings is 1. The van der Waals surface area contributed by atoms with Crippen LogP contribution in [-0.2, 0) is 9.53 Å². The first-order chi connectivity index (χ1) is 9.38. The molecule has 0 atom stereocenters. The van der Waals surface area contributed by atoms with Crippen molar-refractivity contribution >= 4 is 11.9 Å². The van der Waals surface area contributed by atoms with E-state index in [1.165, 1.54) is 6.07 Å². The van der Waals surface area contributed by atoms with Gasteiger partial charge in [-0.2, -0.15) is 0 Å². The molecule has 0 aliphatic carbocycles. The predicted molar refractivity (Wildman–Crippen MR) is 81.4 cm³/mol. The van der Waals surface area contributed by atoms with Gasteiger partial charge in [0, 0.05) is 0 Å². The van der Waals surface area contributed by atoms with Crippen molar-refractivity contribution < 1.29 is 19.1 Å². The molecular formula is C17H24O4. The highest BCUT2D eigenvalue weighted by atomic mass is 16.6. The number of aryl methyl sites for hydroxylation is 1. The molecule has 0 fully saturated rings. The maximum atomic E-state index is 12.1. The maximum Gasteiger partial charge on any atom is 0.338 e. The molecule has 4 heteroatoms. The number of esters is 2. The largest absolute Gasteiger partial charge is 0.456 e. The molecule has 0 spiro atoms. The van der Waals surface area contributed by atoms with E-state index in [9.17, 15) is 9.59 Å². The van der Waals surface area contributed by atoms with Gasteiger partial charge in [0.25, 0.3) is 0 Å². The number of hydrogen-bond donors (Lipinski definition) is 0. The second-order valence-electron chi connectivity index (χ2n) is 7.18. The molecule has 0 saturated heterocycles. The van der Waals surface area contributed by atoms with E-state index in [0.717, 1.165) is 5.56 Å². The quantitative estimate of drug-likeness (QED) is 0.612. The van der Waals surface area contributed by atoms with Crippen LogP contribution in [0.3, 0.4) is 0 Å². The fraction of sp³-hybridized carbons (Fsp3) is 0.529. The van der Waals surface area contributed by atoms with Gasteiger partial charge in [0.15, 0.2) is 0 Å². The highest BCUT2D eigenvalue weighted by Gasteiger charge is 2.24. The third-order valence-corrected chi connectivity index (χ3v) is 2.51. The van der Waals surface area contributed by atoms with Crippen molar-refractivity contribution in [3.05, 3.63) is 29.3 Å². The van der Waals surface area contributed by atoms with Crippen LogP contribution in [0.15, 0.2) is 18.2 Å². The van der Waals surface area contributed by atoms with Crippen LogP contribution >= 0.6 is 0 Å². The molecule has 116 valence electrons. The van der Waals surface area contributed by atoms with Gasteiger partial charge in [-0.3, -0.25) is 4.79 Å². The van der Waals surface area contributed by atoms with Crippen molar-refractivity contribution in [3.63, 3.8) is 0 Å². The molecule has 0 bridgehead atoms. The summed E-state index contributed by atoms with van der Waals surface area (Å²) in [5, 5.41) is 0. The zero-order valence-electron chi connectivity index (χ0n) is 13.9. The molecule has 1 aromatic carbocycles. The minimum absolute atomic E-state index is 0.344. The summed E-state index contributed by atoms with van der Waals surface area (Å²) >= 11 is 0. The zero-order valence-corrected chi connectivity index (χ0v) is 13.9. The van der Waals surface area contributed by atoms with Gasteiger partial charge in [0.1, 0.15) is 11.4 Å². The summed E-state index contributed by atoms with van der Waals surface area (Å²) in [5.41, 5.74) is 0.0375. The van der Waals surface area contributed by atoms with Crippen molar-refractivity contribution in [2.75, 3.05) is 0 Å². The monoisotopic (exact) mass is 292 g/mol. The van der Waals surface area contributed by atoms with E-state index in [4.69, 9.17) is 9.47 Å². The fourth-order valence-electron chi connectivity index (χ4n) is 1.52. The summed E-state index contributed by atoms with van der Waals surface area (Å²) in [6, 6.07) is 4.96. The Morgan fingerprint density at radius 2 is 1.52 bits per heavy atom. The third kappa shape index (κ3) is 5.58. The predicted octanol–water partition coefficient (Wildman–Crippen LogP) is 3.90. The summed E-state index contributed by atoms with van der Waals surface area (Å²) in [6.45, 7) is 12.6. The average molecular weight is 292 g/mol. The molecule has 0 N–H and O–H groups in total.